The van der Waals surface area contributed by atoms with Gasteiger partial charge in [0.25, 0.3) is 0 Å². The molecule has 0 saturated heterocycles. The number of methoxy groups -OCH3 is 1. The molecule has 176 valence electrons. The first-order valence-electron chi connectivity index (χ1n) is 9.87. The van der Waals surface area contributed by atoms with E-state index in [1.807, 2.05) is 6.20 Å². The van der Waals surface area contributed by atoms with E-state index < -0.39 is 18.1 Å². The van der Waals surface area contributed by atoms with E-state index in [9.17, 15) is 18.0 Å². The van der Waals surface area contributed by atoms with Gasteiger partial charge in [-0.2, -0.15) is 5.10 Å². The number of rotatable bonds is 6. The fourth-order valence-electron chi connectivity index (χ4n) is 3.46. The quantitative estimate of drug-likeness (QED) is 0.376. The highest BCUT2D eigenvalue weighted by molar-refractivity contribution is 6.00. The SMILES string of the molecule is COCc1cn2ncnc(N)c2c1-c1ccc(NC(=O)Nc2cccc(OC(F)(F)F)c2)cc1. The predicted octanol–water partition coefficient (Wildman–Crippen LogP) is 4.67. The Morgan fingerprint density at radius 3 is 2.56 bits per heavy atom. The van der Waals surface area contributed by atoms with Crippen molar-refractivity contribution in [1.82, 2.24) is 14.6 Å². The van der Waals surface area contributed by atoms with Gasteiger partial charge in [-0.05, 0) is 29.8 Å². The van der Waals surface area contributed by atoms with Crippen LogP contribution in [0.4, 0.5) is 35.2 Å². The zero-order valence-electron chi connectivity index (χ0n) is 17.8. The first kappa shape index (κ1) is 22.9. The summed E-state index contributed by atoms with van der Waals surface area (Å²) in [7, 11) is 1.58. The Morgan fingerprint density at radius 2 is 1.85 bits per heavy atom. The molecule has 0 aliphatic rings. The molecule has 4 N–H and O–H groups in total. The maximum atomic E-state index is 12.4. The van der Waals surface area contributed by atoms with E-state index in [1.165, 1.54) is 18.5 Å². The van der Waals surface area contributed by atoms with Crippen LogP contribution in [0.25, 0.3) is 16.6 Å². The molecule has 0 aliphatic heterocycles. The van der Waals surface area contributed by atoms with Gasteiger partial charge in [-0.1, -0.05) is 18.2 Å². The molecule has 0 atom stereocenters. The van der Waals surface area contributed by atoms with E-state index in [1.54, 1.807) is 35.9 Å². The second kappa shape index (κ2) is 9.27. The minimum Gasteiger partial charge on any atom is -0.406 e. The lowest BCUT2D eigenvalue weighted by molar-refractivity contribution is -0.274. The van der Waals surface area contributed by atoms with Crippen molar-refractivity contribution in [3.8, 4) is 16.9 Å². The first-order chi connectivity index (χ1) is 16.2. The summed E-state index contributed by atoms with van der Waals surface area (Å²) in [6, 6.07) is 11.3. The average Bonchev–Trinajstić information content (AvgIpc) is 3.13. The number of hydrogen-bond acceptors (Lipinski definition) is 6. The highest BCUT2D eigenvalue weighted by atomic mass is 19.4. The number of carbonyl (C=O) groups is 1. The summed E-state index contributed by atoms with van der Waals surface area (Å²) in [6.07, 6.45) is -1.66. The van der Waals surface area contributed by atoms with Crippen LogP contribution in [-0.4, -0.2) is 34.1 Å². The molecule has 34 heavy (non-hydrogen) atoms. The Morgan fingerprint density at radius 1 is 1.12 bits per heavy atom. The number of hydrogen-bond donors (Lipinski definition) is 3. The Hall–Kier alpha value is -4.32. The van der Waals surface area contributed by atoms with Crippen molar-refractivity contribution in [2.45, 2.75) is 13.0 Å². The van der Waals surface area contributed by atoms with E-state index in [0.717, 1.165) is 28.8 Å². The summed E-state index contributed by atoms with van der Waals surface area (Å²) in [5, 5.41) is 9.28. The van der Waals surface area contributed by atoms with Gasteiger partial charge in [0.15, 0.2) is 5.82 Å². The molecule has 0 saturated carbocycles. The molecule has 2 aromatic carbocycles. The molecule has 4 rings (SSSR count). The summed E-state index contributed by atoms with van der Waals surface area (Å²) in [4.78, 5) is 16.4. The maximum Gasteiger partial charge on any atom is 0.573 e. The molecule has 4 aromatic rings. The molecule has 2 aromatic heterocycles. The highest BCUT2D eigenvalue weighted by Crippen LogP contribution is 2.33. The zero-order chi connectivity index (χ0) is 24.3. The molecule has 0 fully saturated rings. The number of anilines is 3. The average molecular weight is 472 g/mol. The van der Waals surface area contributed by atoms with E-state index in [-0.39, 0.29) is 5.69 Å². The van der Waals surface area contributed by atoms with Crippen LogP contribution in [0.1, 0.15) is 5.56 Å². The van der Waals surface area contributed by atoms with Crippen molar-refractivity contribution in [1.29, 1.82) is 0 Å². The molecule has 9 nitrogen and oxygen atoms in total. The molecule has 0 unspecified atom stereocenters. The number of nitrogens with zero attached hydrogens (tertiary/aromatic N) is 3. The van der Waals surface area contributed by atoms with Gasteiger partial charge in [0.05, 0.1) is 6.61 Å². The van der Waals surface area contributed by atoms with Gasteiger partial charge in [-0.15, -0.1) is 13.2 Å². The second-order valence-electron chi connectivity index (χ2n) is 7.13. The topological polar surface area (TPSA) is 116 Å². The van der Waals surface area contributed by atoms with Crippen LogP contribution in [-0.2, 0) is 11.3 Å². The second-order valence-corrected chi connectivity index (χ2v) is 7.13. The number of alkyl halides is 3. The monoisotopic (exact) mass is 472 g/mol. The van der Waals surface area contributed by atoms with Crippen molar-refractivity contribution >= 4 is 28.7 Å². The summed E-state index contributed by atoms with van der Waals surface area (Å²) in [5.74, 6) is -0.129. The fraction of sp³-hybridized carbons (Fsp3) is 0.136. The summed E-state index contributed by atoms with van der Waals surface area (Å²) in [5.41, 5.74) is 9.76. The van der Waals surface area contributed by atoms with Gasteiger partial charge in [0, 0.05) is 41.9 Å². The number of nitrogens with one attached hydrogen (secondary N) is 2. The lowest BCUT2D eigenvalue weighted by Crippen LogP contribution is -2.20. The van der Waals surface area contributed by atoms with Crippen LogP contribution >= 0.6 is 0 Å². The Bertz CT molecular complexity index is 1320. The smallest absolute Gasteiger partial charge is 0.406 e. The van der Waals surface area contributed by atoms with E-state index in [2.05, 4.69) is 25.5 Å². The number of nitrogens with two attached hydrogens (primary N) is 1. The Kier molecular flexibility index (Phi) is 6.23. The third-order valence-electron chi connectivity index (χ3n) is 4.74. The van der Waals surface area contributed by atoms with Crippen molar-refractivity contribution < 1.29 is 27.4 Å². The van der Waals surface area contributed by atoms with Crippen LogP contribution in [0.15, 0.2) is 61.1 Å². The molecule has 0 spiro atoms. The Balaban J connectivity index is 1.51. The standard InChI is InChI=1S/C22H19F3N6O3/c1-33-11-14-10-31-19(20(26)27-12-28-31)18(14)13-5-7-15(8-6-13)29-21(32)30-16-3-2-4-17(9-16)34-22(23,24)25/h2-10,12H,11H2,1H3,(H2,26,27,28)(H2,29,30,32). The zero-order valence-corrected chi connectivity index (χ0v) is 17.8. The number of urea groups is 1. The van der Waals surface area contributed by atoms with Gasteiger partial charge in [0.1, 0.15) is 17.6 Å². The van der Waals surface area contributed by atoms with Crippen molar-refractivity contribution in [3.05, 3.63) is 66.6 Å². The number of aromatic nitrogens is 3. The van der Waals surface area contributed by atoms with Crippen molar-refractivity contribution in [2.24, 2.45) is 0 Å². The Labute approximate surface area is 191 Å². The van der Waals surface area contributed by atoms with Gasteiger partial charge in [-0.3, -0.25) is 0 Å². The fourth-order valence-corrected chi connectivity index (χ4v) is 3.46. The lowest BCUT2D eigenvalue weighted by atomic mass is 10.0. The largest absolute Gasteiger partial charge is 0.573 e. The molecule has 0 bridgehead atoms. The van der Waals surface area contributed by atoms with Crippen LogP contribution in [0.5, 0.6) is 5.75 Å². The minimum absolute atomic E-state index is 0.135. The molecular weight excluding hydrogens is 453 g/mol. The number of carbonyl (C=O) groups excluding carboxylic acids is 1. The van der Waals surface area contributed by atoms with Gasteiger partial charge in [0.2, 0.25) is 0 Å². The van der Waals surface area contributed by atoms with Gasteiger partial charge in [-0.25, -0.2) is 14.3 Å². The van der Waals surface area contributed by atoms with Crippen LogP contribution < -0.4 is 21.1 Å². The van der Waals surface area contributed by atoms with E-state index in [4.69, 9.17) is 10.5 Å². The van der Waals surface area contributed by atoms with Crippen molar-refractivity contribution in [3.63, 3.8) is 0 Å². The van der Waals surface area contributed by atoms with E-state index >= 15 is 0 Å². The minimum atomic E-state index is -4.83. The maximum absolute atomic E-state index is 12.4. The number of nitrogen functional groups attached to an aromatic ring is 1. The number of fused-ring (bicyclic) bond motifs is 1. The third-order valence-corrected chi connectivity index (χ3v) is 4.74. The molecule has 0 radical (unpaired) electrons. The number of halogens is 3. The van der Waals surface area contributed by atoms with Crippen LogP contribution in [0.2, 0.25) is 0 Å². The third kappa shape index (κ3) is 5.18. The summed E-state index contributed by atoms with van der Waals surface area (Å²) >= 11 is 0. The normalized spacial score (nSPS) is 11.4. The van der Waals surface area contributed by atoms with Crippen molar-refractivity contribution in [2.75, 3.05) is 23.5 Å². The molecular formula is C22H19F3N6O3. The van der Waals surface area contributed by atoms with Gasteiger partial charge < -0.3 is 25.8 Å². The van der Waals surface area contributed by atoms with Gasteiger partial charge >= 0.3 is 12.4 Å². The summed E-state index contributed by atoms with van der Waals surface area (Å²) in [6.45, 7) is 0.331. The number of amides is 2. The molecule has 0 aliphatic carbocycles. The van der Waals surface area contributed by atoms with E-state index in [0.29, 0.717) is 23.6 Å². The highest BCUT2D eigenvalue weighted by Gasteiger charge is 2.31. The van der Waals surface area contributed by atoms with Crippen LogP contribution in [0.3, 0.4) is 0 Å². The predicted molar refractivity (Wildman–Crippen MR) is 119 cm³/mol. The first-order valence-corrected chi connectivity index (χ1v) is 9.87. The molecule has 2 amide bonds. The lowest BCUT2D eigenvalue weighted by Gasteiger charge is -2.12. The molecule has 2 heterocycles. The van der Waals surface area contributed by atoms with Crippen LogP contribution in [0, 0.1) is 0 Å². The number of benzene rings is 2. The molecule has 12 heteroatoms. The number of ether oxygens (including phenoxy) is 2. The summed E-state index contributed by atoms with van der Waals surface area (Å²) < 4.78 is 47.9.